The summed E-state index contributed by atoms with van der Waals surface area (Å²) in [4.78, 5) is 27.2. The second-order valence-electron chi connectivity index (χ2n) is 7.93. The molecule has 37 heavy (non-hydrogen) atoms. The van der Waals surface area contributed by atoms with Crippen LogP contribution in [0.5, 0.6) is 5.75 Å². The van der Waals surface area contributed by atoms with Gasteiger partial charge in [-0.2, -0.15) is 0 Å². The van der Waals surface area contributed by atoms with Gasteiger partial charge in [0.05, 0.1) is 15.5 Å². The van der Waals surface area contributed by atoms with Crippen LogP contribution >= 0.6 is 27.7 Å². The zero-order valence-electron chi connectivity index (χ0n) is 19.4. The van der Waals surface area contributed by atoms with E-state index >= 15 is 0 Å². The molecule has 1 aliphatic heterocycles. The van der Waals surface area contributed by atoms with Gasteiger partial charge in [0, 0.05) is 15.7 Å². The molecule has 4 rings (SSSR count). The lowest BCUT2D eigenvalue weighted by Gasteiger charge is -2.16. The van der Waals surface area contributed by atoms with Crippen LogP contribution in [0.3, 0.4) is 0 Å². The van der Waals surface area contributed by atoms with Gasteiger partial charge in [-0.25, -0.2) is 13.6 Å². The van der Waals surface area contributed by atoms with Crippen LogP contribution in [0.25, 0.3) is 6.08 Å². The molecule has 0 bridgehead atoms. The molecule has 1 heterocycles. The standard InChI is InChI=1S/C25H21BrN4O5S2/c1-15-4-2-3-5-20(15)30-24(32)22(36-25(30)27)13-16-12-17(26)6-11-21(16)35-14-23(31)29-18-7-9-19(10-8-18)37(28,33)34/h2-13,27H,14H2,1H3,(H,29,31)(H2,28,33,34)/b22-13-,27-25?. The third kappa shape index (κ3) is 6.28. The normalized spacial score (nSPS) is 14.8. The first-order valence-corrected chi connectivity index (χ1v) is 13.9. The van der Waals surface area contributed by atoms with E-state index in [2.05, 4.69) is 21.2 Å². The molecule has 0 saturated carbocycles. The minimum atomic E-state index is -3.83. The summed E-state index contributed by atoms with van der Waals surface area (Å²) in [5, 5.41) is 16.1. The lowest BCUT2D eigenvalue weighted by atomic mass is 10.1. The molecule has 0 atom stereocenters. The van der Waals surface area contributed by atoms with Gasteiger partial charge in [-0.3, -0.25) is 19.9 Å². The largest absolute Gasteiger partial charge is 0.483 e. The molecule has 9 nitrogen and oxygen atoms in total. The maximum atomic E-state index is 13.2. The molecule has 0 radical (unpaired) electrons. The van der Waals surface area contributed by atoms with Crippen LogP contribution in [-0.4, -0.2) is 32.0 Å². The molecule has 1 saturated heterocycles. The van der Waals surface area contributed by atoms with Crippen LogP contribution in [0.4, 0.5) is 11.4 Å². The minimum Gasteiger partial charge on any atom is -0.483 e. The first kappa shape index (κ1) is 26.6. The summed E-state index contributed by atoms with van der Waals surface area (Å²) in [5.74, 6) is -0.427. The molecule has 12 heteroatoms. The Kier molecular flexibility index (Phi) is 7.83. The van der Waals surface area contributed by atoms with Crippen LogP contribution in [0.15, 0.2) is 81.0 Å². The average molecular weight is 602 g/mol. The Morgan fingerprint density at radius 1 is 1.16 bits per heavy atom. The number of benzene rings is 3. The van der Waals surface area contributed by atoms with Crippen molar-refractivity contribution in [1.29, 1.82) is 5.41 Å². The van der Waals surface area contributed by atoms with Crippen molar-refractivity contribution in [3.8, 4) is 5.75 Å². The van der Waals surface area contributed by atoms with Crippen LogP contribution in [0.2, 0.25) is 0 Å². The number of hydrogen-bond donors (Lipinski definition) is 3. The zero-order chi connectivity index (χ0) is 26.7. The number of hydrogen-bond acceptors (Lipinski definition) is 7. The van der Waals surface area contributed by atoms with Crippen molar-refractivity contribution in [2.45, 2.75) is 11.8 Å². The number of amides is 2. The highest BCUT2D eigenvalue weighted by atomic mass is 79.9. The smallest absolute Gasteiger partial charge is 0.271 e. The van der Waals surface area contributed by atoms with Gasteiger partial charge in [-0.15, -0.1) is 0 Å². The number of primary sulfonamides is 1. The molecular weight excluding hydrogens is 580 g/mol. The van der Waals surface area contributed by atoms with Gasteiger partial charge >= 0.3 is 0 Å². The second-order valence-corrected chi connectivity index (χ2v) is 11.4. The van der Waals surface area contributed by atoms with Gasteiger partial charge in [0.25, 0.3) is 11.8 Å². The third-order valence-electron chi connectivity index (χ3n) is 5.26. The maximum Gasteiger partial charge on any atom is 0.271 e. The summed E-state index contributed by atoms with van der Waals surface area (Å²) in [7, 11) is -3.83. The molecular formula is C25H21BrN4O5S2. The van der Waals surface area contributed by atoms with E-state index < -0.39 is 15.9 Å². The van der Waals surface area contributed by atoms with Crippen LogP contribution in [0.1, 0.15) is 11.1 Å². The number of rotatable bonds is 7. The van der Waals surface area contributed by atoms with E-state index in [1.54, 1.807) is 30.3 Å². The minimum absolute atomic E-state index is 0.0670. The number of ether oxygens (including phenoxy) is 1. The molecule has 3 aromatic rings. The Morgan fingerprint density at radius 2 is 1.86 bits per heavy atom. The summed E-state index contributed by atoms with van der Waals surface area (Å²) in [6.45, 7) is 1.54. The Hall–Kier alpha value is -3.45. The first-order chi connectivity index (χ1) is 17.5. The van der Waals surface area contributed by atoms with Crippen molar-refractivity contribution in [1.82, 2.24) is 0 Å². The quantitative estimate of drug-likeness (QED) is 0.341. The van der Waals surface area contributed by atoms with Crippen molar-refractivity contribution < 1.29 is 22.7 Å². The number of anilines is 2. The SMILES string of the molecule is Cc1ccccc1N1C(=N)S/C(=C\c2cc(Br)ccc2OCC(=O)Nc2ccc(S(N)(=O)=O)cc2)C1=O. The van der Waals surface area contributed by atoms with Crippen molar-refractivity contribution in [3.63, 3.8) is 0 Å². The topological polar surface area (TPSA) is 143 Å². The molecule has 0 aliphatic carbocycles. The van der Waals surface area contributed by atoms with E-state index in [9.17, 15) is 18.0 Å². The highest BCUT2D eigenvalue weighted by Gasteiger charge is 2.34. The van der Waals surface area contributed by atoms with Crippen molar-refractivity contribution in [2.75, 3.05) is 16.8 Å². The number of sulfonamides is 1. The van der Waals surface area contributed by atoms with E-state index in [0.29, 0.717) is 27.6 Å². The molecule has 3 aromatic carbocycles. The molecule has 1 aliphatic rings. The zero-order valence-corrected chi connectivity index (χ0v) is 22.6. The fraction of sp³-hybridized carbons (Fsp3) is 0.0800. The molecule has 4 N–H and O–H groups in total. The maximum absolute atomic E-state index is 13.2. The van der Waals surface area contributed by atoms with E-state index in [1.165, 1.54) is 29.2 Å². The summed E-state index contributed by atoms with van der Waals surface area (Å²) in [6, 6.07) is 17.9. The van der Waals surface area contributed by atoms with Crippen LogP contribution in [-0.2, 0) is 19.6 Å². The average Bonchev–Trinajstić information content (AvgIpc) is 3.11. The lowest BCUT2D eigenvalue weighted by Crippen LogP contribution is -2.28. The number of amidine groups is 1. The van der Waals surface area contributed by atoms with Crippen LogP contribution in [0, 0.1) is 12.3 Å². The van der Waals surface area contributed by atoms with Gasteiger partial charge in [0.15, 0.2) is 11.8 Å². The lowest BCUT2D eigenvalue weighted by molar-refractivity contribution is -0.118. The van der Waals surface area contributed by atoms with E-state index in [0.717, 1.165) is 21.8 Å². The second kappa shape index (κ2) is 10.9. The fourth-order valence-electron chi connectivity index (χ4n) is 3.49. The molecule has 190 valence electrons. The van der Waals surface area contributed by atoms with Crippen molar-refractivity contribution in [3.05, 3.63) is 87.2 Å². The molecule has 0 unspecified atom stereocenters. The number of nitrogens with two attached hydrogens (primary N) is 1. The summed E-state index contributed by atoms with van der Waals surface area (Å²) >= 11 is 4.46. The van der Waals surface area contributed by atoms with Gasteiger partial charge in [0.1, 0.15) is 5.75 Å². The van der Waals surface area contributed by atoms with Gasteiger partial charge in [-0.1, -0.05) is 34.1 Å². The van der Waals surface area contributed by atoms with E-state index in [1.807, 2.05) is 25.1 Å². The van der Waals surface area contributed by atoms with Crippen molar-refractivity contribution >= 4 is 72.1 Å². The number of carbonyl (C=O) groups excluding carboxylic acids is 2. The van der Waals surface area contributed by atoms with Gasteiger partial charge in [-0.05, 0) is 78.9 Å². The molecule has 0 spiro atoms. The monoisotopic (exact) mass is 600 g/mol. The summed E-state index contributed by atoms with van der Waals surface area (Å²) in [6.07, 6.45) is 1.63. The van der Waals surface area contributed by atoms with Gasteiger partial charge < -0.3 is 10.1 Å². The third-order valence-corrected chi connectivity index (χ3v) is 7.57. The van der Waals surface area contributed by atoms with Crippen LogP contribution < -0.4 is 20.1 Å². The Balaban J connectivity index is 1.49. The summed E-state index contributed by atoms with van der Waals surface area (Å²) in [5.41, 5.74) is 2.45. The summed E-state index contributed by atoms with van der Waals surface area (Å²) < 4.78 is 29.2. The molecule has 0 aromatic heterocycles. The molecule has 2 amide bonds. The predicted octanol–water partition coefficient (Wildman–Crippen LogP) is 4.48. The number of halogens is 1. The van der Waals surface area contributed by atoms with Gasteiger partial charge in [0.2, 0.25) is 10.0 Å². The highest BCUT2D eigenvalue weighted by Crippen LogP contribution is 2.38. The number of nitrogens with one attached hydrogen (secondary N) is 2. The highest BCUT2D eigenvalue weighted by molar-refractivity contribution is 9.10. The number of carbonyl (C=O) groups is 2. The Bertz CT molecular complexity index is 1540. The number of nitrogens with zero attached hydrogens (tertiary/aromatic N) is 1. The van der Waals surface area contributed by atoms with E-state index in [-0.39, 0.29) is 22.6 Å². The number of para-hydroxylation sites is 1. The Labute approximate surface area is 226 Å². The number of aryl methyl sites for hydroxylation is 1. The predicted molar refractivity (Wildman–Crippen MR) is 148 cm³/mol. The van der Waals surface area contributed by atoms with E-state index in [4.69, 9.17) is 15.3 Å². The number of thioether (sulfide) groups is 1. The Morgan fingerprint density at radius 3 is 2.54 bits per heavy atom. The fourth-order valence-corrected chi connectivity index (χ4v) is 5.23. The molecule has 1 fully saturated rings. The first-order valence-electron chi connectivity index (χ1n) is 10.8. The van der Waals surface area contributed by atoms with Crippen molar-refractivity contribution in [2.24, 2.45) is 5.14 Å².